The van der Waals surface area contributed by atoms with Gasteiger partial charge in [0.15, 0.2) is 0 Å². The predicted octanol–water partition coefficient (Wildman–Crippen LogP) is 0.404. The number of H-pyrrole nitrogens is 1. The first-order valence-corrected chi connectivity index (χ1v) is 3.97. The Morgan fingerprint density at radius 2 is 2.33 bits per heavy atom. The summed E-state index contributed by atoms with van der Waals surface area (Å²) in [4.78, 5) is 17.5. The second-order valence-electron chi connectivity index (χ2n) is 3.58. The maximum atomic E-state index is 11.0. The second kappa shape index (κ2) is 2.09. The summed E-state index contributed by atoms with van der Waals surface area (Å²) in [6.07, 6.45) is 2.20. The Morgan fingerprint density at radius 1 is 1.67 bits per heavy atom. The van der Waals surface area contributed by atoms with E-state index in [4.69, 9.17) is 5.73 Å². The number of rotatable bonds is 1. The largest absolute Gasteiger partial charge is 0.369 e. The first-order valence-electron chi connectivity index (χ1n) is 3.97. The Kier molecular flexibility index (Phi) is 1.28. The molecule has 64 valence electrons. The van der Waals surface area contributed by atoms with Crippen LogP contribution in [0, 0.1) is 0 Å². The summed E-state index contributed by atoms with van der Waals surface area (Å²) in [6, 6.07) is 1.53. The van der Waals surface area contributed by atoms with Crippen LogP contribution in [0.25, 0.3) is 0 Å². The van der Waals surface area contributed by atoms with Crippen molar-refractivity contribution in [1.82, 2.24) is 9.97 Å². The van der Waals surface area contributed by atoms with Crippen molar-refractivity contribution in [2.45, 2.75) is 25.2 Å². The van der Waals surface area contributed by atoms with Crippen LogP contribution in [0.15, 0.2) is 10.9 Å². The molecule has 0 amide bonds. The van der Waals surface area contributed by atoms with Crippen molar-refractivity contribution >= 4 is 5.95 Å². The van der Waals surface area contributed by atoms with Crippen molar-refractivity contribution in [3.63, 3.8) is 0 Å². The molecular weight excluding hydrogens is 154 g/mol. The highest BCUT2D eigenvalue weighted by Crippen LogP contribution is 2.46. The van der Waals surface area contributed by atoms with Gasteiger partial charge >= 0.3 is 0 Å². The van der Waals surface area contributed by atoms with E-state index >= 15 is 0 Å². The van der Waals surface area contributed by atoms with Crippen LogP contribution in [-0.2, 0) is 5.41 Å². The van der Waals surface area contributed by atoms with E-state index in [-0.39, 0.29) is 16.9 Å². The van der Waals surface area contributed by atoms with Crippen molar-refractivity contribution in [3.05, 3.63) is 22.1 Å². The summed E-state index contributed by atoms with van der Waals surface area (Å²) in [7, 11) is 0. The fraction of sp³-hybridized carbons (Fsp3) is 0.500. The number of anilines is 1. The van der Waals surface area contributed by atoms with E-state index in [0.29, 0.717) is 0 Å². The molecule has 0 spiro atoms. The smallest absolute Gasteiger partial charge is 0.252 e. The van der Waals surface area contributed by atoms with E-state index in [1.54, 1.807) is 0 Å². The molecule has 12 heavy (non-hydrogen) atoms. The van der Waals surface area contributed by atoms with E-state index in [0.717, 1.165) is 18.5 Å². The summed E-state index contributed by atoms with van der Waals surface area (Å²) in [5.74, 6) is 0.214. The predicted molar refractivity (Wildman–Crippen MR) is 45.9 cm³/mol. The maximum Gasteiger partial charge on any atom is 0.252 e. The highest BCUT2D eigenvalue weighted by atomic mass is 16.1. The summed E-state index contributed by atoms with van der Waals surface area (Å²) in [6.45, 7) is 2.09. The summed E-state index contributed by atoms with van der Waals surface area (Å²) < 4.78 is 0. The molecule has 0 saturated heterocycles. The maximum absolute atomic E-state index is 11.0. The second-order valence-corrected chi connectivity index (χ2v) is 3.58. The molecule has 1 aliphatic rings. The highest BCUT2D eigenvalue weighted by molar-refractivity contribution is 5.27. The molecule has 0 aromatic carbocycles. The zero-order chi connectivity index (χ0) is 8.77. The zero-order valence-corrected chi connectivity index (χ0v) is 6.92. The number of hydrogen-bond acceptors (Lipinski definition) is 3. The third-order valence-electron chi connectivity index (χ3n) is 2.38. The van der Waals surface area contributed by atoms with Gasteiger partial charge in [0.05, 0.1) is 5.69 Å². The standard InChI is InChI=1S/C8H11N3O/c1-8(2-3-8)5-4-6(12)11-7(9)10-5/h4H,2-3H2,1H3,(H3,9,10,11,12). The Balaban J connectivity index is 2.51. The molecule has 2 rings (SSSR count). The number of nitrogen functional groups attached to an aromatic ring is 1. The molecule has 0 radical (unpaired) electrons. The lowest BCUT2D eigenvalue weighted by Gasteiger charge is -2.06. The molecule has 0 unspecified atom stereocenters. The number of nitrogens with two attached hydrogens (primary N) is 1. The van der Waals surface area contributed by atoms with Gasteiger partial charge in [-0.05, 0) is 12.8 Å². The van der Waals surface area contributed by atoms with Gasteiger partial charge in [0.1, 0.15) is 0 Å². The van der Waals surface area contributed by atoms with Gasteiger partial charge in [0, 0.05) is 11.5 Å². The van der Waals surface area contributed by atoms with Crippen molar-refractivity contribution in [2.75, 3.05) is 5.73 Å². The van der Waals surface area contributed by atoms with Crippen molar-refractivity contribution in [3.8, 4) is 0 Å². The molecule has 1 heterocycles. The van der Waals surface area contributed by atoms with Gasteiger partial charge < -0.3 is 5.73 Å². The normalized spacial score (nSPS) is 19.1. The van der Waals surface area contributed by atoms with Crippen molar-refractivity contribution < 1.29 is 0 Å². The lowest BCUT2D eigenvalue weighted by Crippen LogP contribution is -2.15. The quantitative estimate of drug-likeness (QED) is 0.632. The van der Waals surface area contributed by atoms with Crippen LogP contribution in [-0.4, -0.2) is 9.97 Å². The molecular formula is C8H11N3O. The molecule has 4 heteroatoms. The first-order chi connectivity index (χ1) is 5.60. The average Bonchev–Trinajstić information content (AvgIpc) is 2.67. The summed E-state index contributed by atoms with van der Waals surface area (Å²) >= 11 is 0. The fourth-order valence-corrected chi connectivity index (χ4v) is 1.23. The van der Waals surface area contributed by atoms with Crippen LogP contribution >= 0.6 is 0 Å². The van der Waals surface area contributed by atoms with E-state index in [9.17, 15) is 4.79 Å². The van der Waals surface area contributed by atoms with Crippen LogP contribution in [0.4, 0.5) is 5.95 Å². The number of nitrogens with zero attached hydrogens (tertiary/aromatic N) is 1. The van der Waals surface area contributed by atoms with Gasteiger partial charge in [-0.25, -0.2) is 4.98 Å². The molecule has 1 saturated carbocycles. The van der Waals surface area contributed by atoms with E-state index in [1.165, 1.54) is 6.07 Å². The monoisotopic (exact) mass is 165 g/mol. The minimum absolute atomic E-state index is 0.113. The Bertz CT molecular complexity index is 365. The molecule has 3 N–H and O–H groups in total. The first kappa shape index (κ1) is 7.34. The summed E-state index contributed by atoms with van der Waals surface area (Å²) in [5, 5.41) is 0. The van der Waals surface area contributed by atoms with Crippen molar-refractivity contribution in [2.24, 2.45) is 0 Å². The van der Waals surface area contributed by atoms with Gasteiger partial charge in [-0.1, -0.05) is 6.92 Å². The molecule has 4 nitrogen and oxygen atoms in total. The van der Waals surface area contributed by atoms with Gasteiger partial charge in [0.2, 0.25) is 5.95 Å². The van der Waals surface area contributed by atoms with Crippen LogP contribution in [0.5, 0.6) is 0 Å². The van der Waals surface area contributed by atoms with E-state index in [2.05, 4.69) is 16.9 Å². The summed E-state index contributed by atoms with van der Waals surface area (Å²) in [5.41, 5.74) is 6.19. The molecule has 1 aromatic rings. The van der Waals surface area contributed by atoms with Gasteiger partial charge in [-0.2, -0.15) is 0 Å². The molecule has 0 aliphatic heterocycles. The minimum Gasteiger partial charge on any atom is -0.369 e. The molecule has 0 bridgehead atoms. The zero-order valence-electron chi connectivity index (χ0n) is 6.92. The van der Waals surface area contributed by atoms with Gasteiger partial charge in [-0.15, -0.1) is 0 Å². The van der Waals surface area contributed by atoms with Crippen LogP contribution in [0.2, 0.25) is 0 Å². The highest BCUT2D eigenvalue weighted by Gasteiger charge is 2.40. The van der Waals surface area contributed by atoms with Crippen LogP contribution in [0.3, 0.4) is 0 Å². The van der Waals surface area contributed by atoms with E-state index < -0.39 is 0 Å². The van der Waals surface area contributed by atoms with Gasteiger partial charge in [-0.3, -0.25) is 9.78 Å². The third kappa shape index (κ3) is 1.09. The van der Waals surface area contributed by atoms with Crippen molar-refractivity contribution in [1.29, 1.82) is 0 Å². The minimum atomic E-state index is -0.161. The number of aromatic nitrogens is 2. The molecule has 1 aromatic heterocycles. The molecule has 0 atom stereocenters. The average molecular weight is 165 g/mol. The lowest BCUT2D eigenvalue weighted by atomic mass is 10.1. The number of aromatic amines is 1. The van der Waals surface area contributed by atoms with Crippen LogP contribution < -0.4 is 11.3 Å². The van der Waals surface area contributed by atoms with Crippen LogP contribution in [0.1, 0.15) is 25.5 Å². The SMILES string of the molecule is CC1(c2cc(=O)[nH]c(N)n2)CC1. The number of hydrogen-bond donors (Lipinski definition) is 2. The Hall–Kier alpha value is -1.32. The molecule has 1 fully saturated rings. The Morgan fingerprint density at radius 3 is 2.83 bits per heavy atom. The third-order valence-corrected chi connectivity index (χ3v) is 2.38. The van der Waals surface area contributed by atoms with E-state index in [1.807, 2.05) is 0 Å². The fourth-order valence-electron chi connectivity index (χ4n) is 1.23. The van der Waals surface area contributed by atoms with Gasteiger partial charge in [0.25, 0.3) is 5.56 Å². The Labute approximate surface area is 69.8 Å². The number of nitrogens with one attached hydrogen (secondary N) is 1. The topological polar surface area (TPSA) is 71.8 Å². The lowest BCUT2D eigenvalue weighted by molar-refractivity contribution is 0.744. The molecule has 1 aliphatic carbocycles.